The Balaban J connectivity index is 1.92. The lowest BCUT2D eigenvalue weighted by Crippen LogP contribution is -2.43. The standard InChI is InChI=1S/C17H13N4O/c1-3-7-15(8-4-1)20-18-17(14-11-12-22-13-14)19-21(20)16-9-5-2-6-10-16/h1-13H/q+1. The lowest BCUT2D eigenvalue weighted by Gasteiger charge is -1.98. The van der Waals surface area contributed by atoms with Gasteiger partial charge in [-0.1, -0.05) is 36.4 Å². The van der Waals surface area contributed by atoms with Crippen LogP contribution < -0.4 is 4.80 Å². The Kier molecular flexibility index (Phi) is 3.01. The van der Waals surface area contributed by atoms with E-state index in [0.717, 1.165) is 16.9 Å². The predicted octanol–water partition coefficient (Wildman–Crippen LogP) is 2.80. The van der Waals surface area contributed by atoms with Gasteiger partial charge < -0.3 is 4.42 Å². The lowest BCUT2D eigenvalue weighted by molar-refractivity contribution is -0.734. The quantitative estimate of drug-likeness (QED) is 0.545. The van der Waals surface area contributed by atoms with Crippen molar-refractivity contribution < 1.29 is 9.21 Å². The van der Waals surface area contributed by atoms with E-state index in [1.165, 1.54) is 0 Å². The molecule has 0 amide bonds. The van der Waals surface area contributed by atoms with Crippen LogP contribution in [0.3, 0.4) is 0 Å². The molecule has 5 nitrogen and oxygen atoms in total. The van der Waals surface area contributed by atoms with Gasteiger partial charge in [-0.05, 0) is 40.2 Å². The van der Waals surface area contributed by atoms with E-state index in [1.54, 1.807) is 22.1 Å². The average Bonchev–Trinajstić information content (AvgIpc) is 3.26. The van der Waals surface area contributed by atoms with Gasteiger partial charge in [0.2, 0.25) is 0 Å². The number of hydrogen-bond acceptors (Lipinski definition) is 3. The van der Waals surface area contributed by atoms with Crippen molar-refractivity contribution in [3.05, 3.63) is 79.3 Å². The number of tetrazole rings is 1. The smallest absolute Gasteiger partial charge is 0.343 e. The molecular weight excluding hydrogens is 276 g/mol. The van der Waals surface area contributed by atoms with E-state index in [9.17, 15) is 0 Å². The second-order valence-corrected chi connectivity index (χ2v) is 4.79. The molecule has 0 fully saturated rings. The SMILES string of the molecule is c1ccc(-n2nc(-c3ccoc3)n[n+]2-c2ccccc2)cc1. The second kappa shape index (κ2) is 5.29. The minimum atomic E-state index is 0.612. The lowest BCUT2D eigenvalue weighted by atomic mass is 10.3. The molecule has 0 radical (unpaired) electrons. The number of para-hydroxylation sites is 2. The van der Waals surface area contributed by atoms with Crippen LogP contribution >= 0.6 is 0 Å². The molecule has 4 rings (SSSR count). The highest BCUT2D eigenvalue weighted by molar-refractivity contribution is 5.51. The number of nitrogens with zero attached hydrogens (tertiary/aromatic N) is 4. The van der Waals surface area contributed by atoms with Crippen molar-refractivity contribution in [3.8, 4) is 22.8 Å². The topological polar surface area (TPSA) is 47.7 Å². The summed E-state index contributed by atoms with van der Waals surface area (Å²) in [7, 11) is 0. The molecule has 0 spiro atoms. The first-order chi connectivity index (χ1) is 10.9. The summed E-state index contributed by atoms with van der Waals surface area (Å²) in [6.45, 7) is 0. The van der Waals surface area contributed by atoms with Crippen LogP contribution in [0.5, 0.6) is 0 Å². The molecule has 0 bridgehead atoms. The van der Waals surface area contributed by atoms with Gasteiger partial charge in [0, 0.05) is 4.80 Å². The molecule has 0 aliphatic carbocycles. The third kappa shape index (κ3) is 2.18. The van der Waals surface area contributed by atoms with Crippen molar-refractivity contribution in [2.45, 2.75) is 0 Å². The van der Waals surface area contributed by atoms with Gasteiger partial charge in [-0.15, -0.1) is 0 Å². The molecular formula is C17H13N4O+. The molecule has 2 aromatic carbocycles. The zero-order chi connectivity index (χ0) is 14.8. The summed E-state index contributed by atoms with van der Waals surface area (Å²) in [6.07, 6.45) is 3.26. The highest BCUT2D eigenvalue weighted by Gasteiger charge is 2.23. The van der Waals surface area contributed by atoms with E-state index in [4.69, 9.17) is 4.42 Å². The summed E-state index contributed by atoms with van der Waals surface area (Å²) in [5, 5.41) is 9.22. The molecule has 0 aliphatic rings. The van der Waals surface area contributed by atoms with Gasteiger partial charge in [0.15, 0.2) is 5.69 Å². The second-order valence-electron chi connectivity index (χ2n) is 4.79. The van der Waals surface area contributed by atoms with E-state index < -0.39 is 0 Å². The summed E-state index contributed by atoms with van der Waals surface area (Å²) in [4.78, 5) is 3.55. The Morgan fingerprint density at radius 2 is 1.59 bits per heavy atom. The highest BCUT2D eigenvalue weighted by atomic mass is 16.3. The van der Waals surface area contributed by atoms with Crippen molar-refractivity contribution in [1.82, 2.24) is 15.0 Å². The van der Waals surface area contributed by atoms with E-state index in [1.807, 2.05) is 66.7 Å². The summed E-state index contributed by atoms with van der Waals surface area (Å²) in [6, 6.07) is 21.7. The van der Waals surface area contributed by atoms with E-state index >= 15 is 0 Å². The first-order valence-electron chi connectivity index (χ1n) is 6.95. The van der Waals surface area contributed by atoms with Gasteiger partial charge in [-0.25, -0.2) is 0 Å². The summed E-state index contributed by atoms with van der Waals surface area (Å²) in [5.74, 6) is 0.612. The summed E-state index contributed by atoms with van der Waals surface area (Å²) in [5.41, 5.74) is 2.72. The summed E-state index contributed by atoms with van der Waals surface area (Å²) >= 11 is 0. The minimum absolute atomic E-state index is 0.612. The molecule has 0 N–H and O–H groups in total. The number of hydrogen-bond donors (Lipinski definition) is 0. The van der Waals surface area contributed by atoms with Crippen molar-refractivity contribution in [2.75, 3.05) is 0 Å². The molecule has 0 atom stereocenters. The largest absolute Gasteiger partial charge is 0.472 e. The molecule has 0 saturated carbocycles. The van der Waals surface area contributed by atoms with Crippen molar-refractivity contribution in [3.63, 3.8) is 0 Å². The van der Waals surface area contributed by atoms with Gasteiger partial charge in [-0.3, -0.25) is 0 Å². The monoisotopic (exact) mass is 289 g/mol. The van der Waals surface area contributed by atoms with Gasteiger partial charge in [0.1, 0.15) is 12.0 Å². The molecule has 4 aromatic rings. The number of furan rings is 1. The van der Waals surface area contributed by atoms with E-state index in [0.29, 0.717) is 5.82 Å². The van der Waals surface area contributed by atoms with Crippen LogP contribution in [0.15, 0.2) is 83.7 Å². The Hall–Kier alpha value is -3.21. The van der Waals surface area contributed by atoms with Crippen LogP contribution in [0, 0.1) is 0 Å². The number of rotatable bonds is 3. The fourth-order valence-electron chi connectivity index (χ4n) is 2.25. The number of benzene rings is 2. The van der Waals surface area contributed by atoms with Crippen LogP contribution in [0.25, 0.3) is 22.8 Å². The first kappa shape index (κ1) is 12.5. The molecule has 2 heterocycles. The maximum Gasteiger partial charge on any atom is 0.343 e. The van der Waals surface area contributed by atoms with Gasteiger partial charge >= 0.3 is 5.82 Å². The van der Waals surface area contributed by atoms with Gasteiger partial charge in [-0.2, -0.15) is 0 Å². The van der Waals surface area contributed by atoms with Crippen LogP contribution in [0.1, 0.15) is 0 Å². The van der Waals surface area contributed by atoms with E-state index in [-0.39, 0.29) is 0 Å². The normalized spacial score (nSPS) is 10.7. The minimum Gasteiger partial charge on any atom is -0.472 e. The van der Waals surface area contributed by atoms with Crippen LogP contribution in [-0.4, -0.2) is 15.0 Å². The molecule has 0 aliphatic heterocycles. The Labute approximate surface area is 127 Å². The fraction of sp³-hybridized carbons (Fsp3) is 0. The maximum atomic E-state index is 5.13. The van der Waals surface area contributed by atoms with Gasteiger partial charge in [0.25, 0.3) is 0 Å². The first-order valence-corrected chi connectivity index (χ1v) is 6.95. The van der Waals surface area contributed by atoms with Crippen molar-refractivity contribution in [2.24, 2.45) is 0 Å². The molecule has 0 unspecified atom stereocenters. The Morgan fingerprint density at radius 3 is 2.27 bits per heavy atom. The van der Waals surface area contributed by atoms with Crippen molar-refractivity contribution in [1.29, 1.82) is 0 Å². The predicted molar refractivity (Wildman–Crippen MR) is 80.6 cm³/mol. The third-order valence-electron chi connectivity index (χ3n) is 3.31. The molecule has 0 saturated heterocycles. The third-order valence-corrected chi connectivity index (χ3v) is 3.31. The fourth-order valence-corrected chi connectivity index (χ4v) is 2.25. The van der Waals surface area contributed by atoms with Crippen LogP contribution in [0.4, 0.5) is 0 Å². The number of aromatic nitrogens is 4. The Morgan fingerprint density at radius 1 is 0.864 bits per heavy atom. The summed E-state index contributed by atoms with van der Waals surface area (Å²) < 4.78 is 5.13. The zero-order valence-electron chi connectivity index (χ0n) is 11.7. The molecule has 22 heavy (non-hydrogen) atoms. The molecule has 106 valence electrons. The van der Waals surface area contributed by atoms with Crippen molar-refractivity contribution >= 4 is 0 Å². The molecule has 2 aromatic heterocycles. The van der Waals surface area contributed by atoms with Gasteiger partial charge in [0.05, 0.1) is 16.9 Å². The van der Waals surface area contributed by atoms with Crippen LogP contribution in [0.2, 0.25) is 0 Å². The van der Waals surface area contributed by atoms with E-state index in [2.05, 4.69) is 10.2 Å². The van der Waals surface area contributed by atoms with Crippen LogP contribution in [-0.2, 0) is 0 Å². The highest BCUT2D eigenvalue weighted by Crippen LogP contribution is 2.15. The Bertz CT molecular complexity index is 811. The zero-order valence-corrected chi connectivity index (χ0v) is 11.7. The maximum absolute atomic E-state index is 5.13. The average molecular weight is 289 g/mol. The molecule has 5 heteroatoms.